The Morgan fingerprint density at radius 1 is 1.11 bits per heavy atom. The lowest BCUT2D eigenvalue weighted by molar-refractivity contribution is -0.139. The molecule has 1 aliphatic heterocycles. The number of carbonyl (C=O) groups is 2. The molecule has 2 aromatic rings. The molecule has 0 saturated carbocycles. The number of carbonyl (C=O) groups excluding carboxylic acids is 2. The standard InChI is InChI=1S/C20H25FN4O3/c1-24-8-2-3-17(24)18(25-9-11-28-12-10-25)14-23-20(27)19(26)22-13-15-4-6-16(21)7-5-15/h2-8,18H,9-14H2,1H3,(H,22,26)(H,23,27)/t18-/m1/s1. The van der Waals surface area contributed by atoms with Crippen molar-refractivity contribution in [1.29, 1.82) is 0 Å². The zero-order valence-corrected chi connectivity index (χ0v) is 15.9. The lowest BCUT2D eigenvalue weighted by Crippen LogP contribution is -2.47. The van der Waals surface area contributed by atoms with Gasteiger partial charge >= 0.3 is 11.8 Å². The topological polar surface area (TPSA) is 75.6 Å². The summed E-state index contributed by atoms with van der Waals surface area (Å²) in [6.07, 6.45) is 1.96. The predicted molar refractivity (Wildman–Crippen MR) is 102 cm³/mol. The Kier molecular flexibility index (Phi) is 6.78. The van der Waals surface area contributed by atoms with E-state index in [-0.39, 0.29) is 18.4 Å². The second kappa shape index (κ2) is 9.48. The Hall–Kier alpha value is -2.71. The van der Waals surface area contributed by atoms with E-state index in [4.69, 9.17) is 4.74 Å². The van der Waals surface area contributed by atoms with E-state index < -0.39 is 11.8 Å². The van der Waals surface area contributed by atoms with Crippen LogP contribution in [0.1, 0.15) is 17.3 Å². The van der Waals surface area contributed by atoms with Gasteiger partial charge in [0.15, 0.2) is 0 Å². The van der Waals surface area contributed by atoms with Gasteiger partial charge in [-0.1, -0.05) is 12.1 Å². The quantitative estimate of drug-likeness (QED) is 0.723. The summed E-state index contributed by atoms with van der Waals surface area (Å²) < 4.78 is 20.4. The van der Waals surface area contributed by atoms with E-state index in [0.717, 1.165) is 24.3 Å². The number of aryl methyl sites for hydroxylation is 1. The number of aromatic nitrogens is 1. The summed E-state index contributed by atoms with van der Waals surface area (Å²) in [5.41, 5.74) is 1.78. The minimum absolute atomic E-state index is 0.0438. The van der Waals surface area contributed by atoms with Crippen LogP contribution in [0.25, 0.3) is 0 Å². The highest BCUT2D eigenvalue weighted by Crippen LogP contribution is 2.21. The molecule has 7 nitrogen and oxygen atoms in total. The van der Waals surface area contributed by atoms with Crippen LogP contribution < -0.4 is 10.6 Å². The number of halogens is 1. The molecule has 1 atom stereocenters. The molecule has 1 aromatic heterocycles. The van der Waals surface area contributed by atoms with E-state index in [9.17, 15) is 14.0 Å². The van der Waals surface area contributed by atoms with E-state index >= 15 is 0 Å². The van der Waals surface area contributed by atoms with Crippen LogP contribution in [0.4, 0.5) is 4.39 Å². The molecule has 1 aromatic carbocycles. The molecule has 0 unspecified atom stereocenters. The van der Waals surface area contributed by atoms with Gasteiger partial charge in [-0.25, -0.2) is 4.39 Å². The molecule has 2 amide bonds. The Morgan fingerprint density at radius 3 is 2.43 bits per heavy atom. The average Bonchev–Trinajstić information content (AvgIpc) is 3.14. The van der Waals surface area contributed by atoms with E-state index in [1.54, 1.807) is 12.1 Å². The van der Waals surface area contributed by atoms with Crippen LogP contribution in [0.3, 0.4) is 0 Å². The number of benzene rings is 1. The van der Waals surface area contributed by atoms with Crippen molar-refractivity contribution in [3.63, 3.8) is 0 Å². The molecular weight excluding hydrogens is 363 g/mol. The summed E-state index contributed by atoms with van der Waals surface area (Å²) >= 11 is 0. The van der Waals surface area contributed by atoms with Crippen molar-refractivity contribution in [2.45, 2.75) is 12.6 Å². The van der Waals surface area contributed by atoms with Crippen molar-refractivity contribution in [1.82, 2.24) is 20.1 Å². The van der Waals surface area contributed by atoms with Crippen LogP contribution in [-0.4, -0.2) is 54.1 Å². The van der Waals surface area contributed by atoms with E-state index in [2.05, 4.69) is 15.5 Å². The number of hydrogen-bond donors (Lipinski definition) is 2. The fourth-order valence-corrected chi connectivity index (χ4v) is 3.26. The predicted octanol–water partition coefficient (Wildman–Crippen LogP) is 0.970. The van der Waals surface area contributed by atoms with Gasteiger partial charge in [-0.05, 0) is 29.8 Å². The number of morpholine rings is 1. The maximum Gasteiger partial charge on any atom is 0.309 e. The zero-order chi connectivity index (χ0) is 19.9. The van der Waals surface area contributed by atoms with Gasteiger partial charge in [0, 0.05) is 45.1 Å². The monoisotopic (exact) mass is 388 g/mol. The Balaban J connectivity index is 1.55. The summed E-state index contributed by atoms with van der Waals surface area (Å²) in [6.45, 7) is 3.31. The summed E-state index contributed by atoms with van der Waals surface area (Å²) in [7, 11) is 1.96. The maximum absolute atomic E-state index is 12.9. The van der Waals surface area contributed by atoms with Crippen LogP contribution in [0, 0.1) is 5.82 Å². The Bertz CT molecular complexity index is 800. The molecule has 2 heterocycles. The average molecular weight is 388 g/mol. The van der Waals surface area contributed by atoms with Gasteiger partial charge in [-0.15, -0.1) is 0 Å². The third kappa shape index (κ3) is 5.17. The number of ether oxygens (including phenoxy) is 1. The van der Waals surface area contributed by atoms with Crippen LogP contribution in [0.5, 0.6) is 0 Å². The molecule has 28 heavy (non-hydrogen) atoms. The van der Waals surface area contributed by atoms with Crippen molar-refractivity contribution in [2.24, 2.45) is 7.05 Å². The lowest BCUT2D eigenvalue weighted by Gasteiger charge is -2.34. The second-order valence-electron chi connectivity index (χ2n) is 6.73. The number of nitrogens with one attached hydrogen (secondary N) is 2. The first kappa shape index (κ1) is 20.0. The van der Waals surface area contributed by atoms with Crippen LogP contribution in [0.15, 0.2) is 42.6 Å². The summed E-state index contributed by atoms with van der Waals surface area (Å²) in [5, 5.41) is 5.29. The number of nitrogens with zero attached hydrogens (tertiary/aromatic N) is 2. The van der Waals surface area contributed by atoms with Crippen molar-refractivity contribution in [3.8, 4) is 0 Å². The third-order valence-electron chi connectivity index (χ3n) is 4.84. The van der Waals surface area contributed by atoms with Gasteiger partial charge in [-0.2, -0.15) is 0 Å². The van der Waals surface area contributed by atoms with E-state index in [0.29, 0.717) is 19.8 Å². The van der Waals surface area contributed by atoms with E-state index in [1.807, 2.05) is 29.9 Å². The lowest BCUT2D eigenvalue weighted by atomic mass is 10.1. The highest BCUT2D eigenvalue weighted by molar-refractivity contribution is 6.35. The van der Waals surface area contributed by atoms with Crippen molar-refractivity contribution in [2.75, 3.05) is 32.8 Å². The Morgan fingerprint density at radius 2 is 1.79 bits per heavy atom. The maximum atomic E-state index is 12.9. The van der Waals surface area contributed by atoms with E-state index in [1.165, 1.54) is 12.1 Å². The van der Waals surface area contributed by atoms with Crippen LogP contribution in [-0.2, 0) is 27.9 Å². The molecule has 3 rings (SSSR count). The molecule has 0 radical (unpaired) electrons. The number of amides is 2. The molecule has 8 heteroatoms. The largest absolute Gasteiger partial charge is 0.379 e. The minimum atomic E-state index is -0.711. The highest BCUT2D eigenvalue weighted by Gasteiger charge is 2.25. The highest BCUT2D eigenvalue weighted by atomic mass is 19.1. The van der Waals surface area contributed by atoms with Gasteiger partial charge in [0.05, 0.1) is 19.3 Å². The SMILES string of the molecule is Cn1cccc1[C@@H](CNC(=O)C(=O)NCc1ccc(F)cc1)N1CCOCC1. The summed E-state index contributed by atoms with van der Waals surface area (Å²) in [4.78, 5) is 26.6. The number of hydrogen-bond acceptors (Lipinski definition) is 4. The molecule has 0 bridgehead atoms. The zero-order valence-electron chi connectivity index (χ0n) is 15.9. The minimum Gasteiger partial charge on any atom is -0.379 e. The van der Waals surface area contributed by atoms with Crippen LogP contribution >= 0.6 is 0 Å². The van der Waals surface area contributed by atoms with Gasteiger partial charge in [0.1, 0.15) is 5.82 Å². The molecule has 0 aliphatic carbocycles. The fourth-order valence-electron chi connectivity index (χ4n) is 3.26. The summed E-state index contributed by atoms with van der Waals surface area (Å²) in [5.74, 6) is -1.74. The van der Waals surface area contributed by atoms with Gasteiger partial charge < -0.3 is 19.9 Å². The normalized spacial score (nSPS) is 15.8. The first-order chi connectivity index (χ1) is 13.5. The summed E-state index contributed by atoms with van der Waals surface area (Å²) in [6, 6.07) is 9.69. The third-order valence-corrected chi connectivity index (χ3v) is 4.84. The molecule has 150 valence electrons. The fraction of sp³-hybridized carbons (Fsp3) is 0.400. The smallest absolute Gasteiger partial charge is 0.309 e. The molecule has 2 N–H and O–H groups in total. The molecule has 1 fully saturated rings. The molecule has 1 aliphatic rings. The second-order valence-corrected chi connectivity index (χ2v) is 6.73. The van der Waals surface area contributed by atoms with Crippen molar-refractivity contribution in [3.05, 3.63) is 59.7 Å². The van der Waals surface area contributed by atoms with Gasteiger partial charge in [0.2, 0.25) is 0 Å². The van der Waals surface area contributed by atoms with Gasteiger partial charge in [0.25, 0.3) is 0 Å². The first-order valence-corrected chi connectivity index (χ1v) is 9.28. The molecule has 0 spiro atoms. The van der Waals surface area contributed by atoms with Crippen LogP contribution in [0.2, 0.25) is 0 Å². The van der Waals surface area contributed by atoms with Crippen molar-refractivity contribution >= 4 is 11.8 Å². The number of rotatable bonds is 6. The van der Waals surface area contributed by atoms with Gasteiger partial charge in [-0.3, -0.25) is 14.5 Å². The molecular formula is C20H25FN4O3. The Labute approximate surface area is 163 Å². The molecule has 1 saturated heterocycles. The first-order valence-electron chi connectivity index (χ1n) is 9.28. The van der Waals surface area contributed by atoms with Crippen molar-refractivity contribution < 1.29 is 18.7 Å².